The van der Waals surface area contributed by atoms with Crippen molar-refractivity contribution in [1.29, 1.82) is 0 Å². The van der Waals surface area contributed by atoms with Gasteiger partial charge in [0.25, 0.3) is 0 Å². The van der Waals surface area contributed by atoms with E-state index < -0.39 is 0 Å². The molecule has 0 radical (unpaired) electrons. The molecule has 0 atom stereocenters. The second-order valence-corrected chi connectivity index (χ2v) is 5.41. The van der Waals surface area contributed by atoms with Crippen LogP contribution >= 0.6 is 0 Å². The summed E-state index contributed by atoms with van der Waals surface area (Å²) >= 11 is 0. The maximum atomic E-state index is 4.42. The normalized spacial score (nSPS) is 18.3. The number of hydrogen-bond acceptors (Lipinski definition) is 3. The topological polar surface area (TPSA) is 33.1 Å². The third-order valence-corrected chi connectivity index (χ3v) is 3.82. The van der Waals surface area contributed by atoms with Gasteiger partial charge in [0.05, 0.1) is 6.54 Å². The monoisotopic (exact) mass is 250 g/mol. The van der Waals surface area contributed by atoms with Gasteiger partial charge in [-0.3, -0.25) is 0 Å². The molecule has 1 aromatic rings. The van der Waals surface area contributed by atoms with Crippen LogP contribution in [0, 0.1) is 5.92 Å². The van der Waals surface area contributed by atoms with Crippen molar-refractivity contribution in [2.75, 3.05) is 26.7 Å². The molecule has 0 amide bonds. The van der Waals surface area contributed by atoms with Crippen molar-refractivity contribution in [3.8, 4) is 0 Å². The number of nitrogens with one attached hydrogen (secondary N) is 1. The van der Waals surface area contributed by atoms with Gasteiger partial charge in [0.2, 0.25) is 0 Å². The van der Waals surface area contributed by atoms with Crippen LogP contribution in [0.5, 0.6) is 0 Å². The first-order valence-corrected chi connectivity index (χ1v) is 7.19. The van der Waals surface area contributed by atoms with Crippen LogP contribution in [0.1, 0.15) is 32.0 Å². The summed E-state index contributed by atoms with van der Waals surface area (Å²) in [5.74, 6) is 2.01. The zero-order valence-corrected chi connectivity index (χ0v) is 11.7. The molecule has 18 heavy (non-hydrogen) atoms. The van der Waals surface area contributed by atoms with Gasteiger partial charge in [-0.05, 0) is 51.9 Å². The molecule has 0 spiro atoms. The van der Waals surface area contributed by atoms with Crippen LogP contribution in [0.15, 0.2) is 12.4 Å². The summed E-state index contributed by atoms with van der Waals surface area (Å²) in [5.41, 5.74) is 0. The Bertz CT molecular complexity index is 339. The van der Waals surface area contributed by atoms with Gasteiger partial charge < -0.3 is 14.8 Å². The number of likely N-dealkylation sites (tertiary alicyclic amines) is 1. The molecule has 2 heterocycles. The molecule has 0 unspecified atom stereocenters. The zero-order chi connectivity index (χ0) is 12.8. The van der Waals surface area contributed by atoms with Crippen molar-refractivity contribution in [3.63, 3.8) is 0 Å². The van der Waals surface area contributed by atoms with Gasteiger partial charge in [0.15, 0.2) is 0 Å². The summed E-state index contributed by atoms with van der Waals surface area (Å²) in [5, 5.41) is 3.57. The van der Waals surface area contributed by atoms with Crippen molar-refractivity contribution >= 4 is 0 Å². The van der Waals surface area contributed by atoms with Gasteiger partial charge in [0, 0.05) is 18.9 Å². The Morgan fingerprint density at radius 2 is 2.17 bits per heavy atom. The number of aryl methyl sites for hydroxylation is 1. The lowest BCUT2D eigenvalue weighted by atomic mass is 9.97. The van der Waals surface area contributed by atoms with Crippen LogP contribution in [0.25, 0.3) is 0 Å². The highest BCUT2D eigenvalue weighted by atomic mass is 15.1. The Morgan fingerprint density at radius 1 is 1.39 bits per heavy atom. The number of hydrogen-bond donors (Lipinski definition) is 1. The molecule has 1 saturated heterocycles. The molecule has 4 nitrogen and oxygen atoms in total. The van der Waals surface area contributed by atoms with Crippen LogP contribution in [0.4, 0.5) is 0 Å². The van der Waals surface area contributed by atoms with Crippen molar-refractivity contribution in [3.05, 3.63) is 18.2 Å². The number of nitrogens with zero attached hydrogens (tertiary/aromatic N) is 3. The zero-order valence-electron chi connectivity index (χ0n) is 11.7. The van der Waals surface area contributed by atoms with Gasteiger partial charge in [-0.15, -0.1) is 0 Å². The highest BCUT2D eigenvalue weighted by Crippen LogP contribution is 2.14. The Morgan fingerprint density at radius 3 is 2.89 bits per heavy atom. The van der Waals surface area contributed by atoms with E-state index in [0.717, 1.165) is 32.0 Å². The van der Waals surface area contributed by atoms with Gasteiger partial charge in [-0.1, -0.05) is 6.92 Å². The van der Waals surface area contributed by atoms with E-state index >= 15 is 0 Å². The molecule has 1 fully saturated rings. The summed E-state index contributed by atoms with van der Waals surface area (Å²) in [6.07, 6.45) is 7.80. The lowest BCUT2D eigenvalue weighted by Crippen LogP contribution is -2.35. The molecular weight excluding hydrogens is 224 g/mol. The fourth-order valence-corrected chi connectivity index (χ4v) is 2.61. The van der Waals surface area contributed by atoms with Crippen LogP contribution in [-0.4, -0.2) is 41.1 Å². The first-order valence-electron chi connectivity index (χ1n) is 7.19. The van der Waals surface area contributed by atoms with Gasteiger partial charge in [-0.2, -0.15) is 0 Å². The van der Waals surface area contributed by atoms with Crippen LogP contribution in [0.2, 0.25) is 0 Å². The van der Waals surface area contributed by atoms with Crippen molar-refractivity contribution in [2.45, 2.75) is 39.3 Å². The average Bonchev–Trinajstić information content (AvgIpc) is 2.80. The maximum absolute atomic E-state index is 4.42. The van der Waals surface area contributed by atoms with Crippen molar-refractivity contribution in [2.24, 2.45) is 5.92 Å². The molecule has 1 aromatic heterocycles. The predicted octanol–water partition coefficient (Wildman–Crippen LogP) is 1.72. The van der Waals surface area contributed by atoms with Gasteiger partial charge >= 0.3 is 0 Å². The quantitative estimate of drug-likeness (QED) is 0.834. The highest BCUT2D eigenvalue weighted by molar-refractivity contribution is 4.92. The molecule has 0 bridgehead atoms. The second-order valence-electron chi connectivity index (χ2n) is 5.41. The predicted molar refractivity (Wildman–Crippen MR) is 74.4 cm³/mol. The Hall–Kier alpha value is -0.870. The Labute approximate surface area is 110 Å². The third-order valence-electron chi connectivity index (χ3n) is 3.82. The van der Waals surface area contributed by atoms with E-state index in [4.69, 9.17) is 0 Å². The molecule has 0 aliphatic carbocycles. The SMILES string of the molecule is CCCn1ccnc1CNCC1CCN(C)CC1. The number of piperidine rings is 1. The third kappa shape index (κ3) is 3.82. The minimum Gasteiger partial charge on any atom is -0.334 e. The minimum atomic E-state index is 0.843. The molecule has 102 valence electrons. The standard InChI is InChI=1S/C14H26N4/c1-3-7-18-10-6-16-14(18)12-15-11-13-4-8-17(2)9-5-13/h6,10,13,15H,3-5,7-9,11-12H2,1-2H3. The average molecular weight is 250 g/mol. The maximum Gasteiger partial charge on any atom is 0.122 e. The van der Waals surface area contributed by atoms with E-state index in [9.17, 15) is 0 Å². The van der Waals surface area contributed by atoms with E-state index in [0.29, 0.717) is 0 Å². The lowest BCUT2D eigenvalue weighted by Gasteiger charge is -2.29. The van der Waals surface area contributed by atoms with E-state index in [1.54, 1.807) is 0 Å². The van der Waals surface area contributed by atoms with Crippen molar-refractivity contribution < 1.29 is 0 Å². The second kappa shape index (κ2) is 6.90. The molecule has 4 heteroatoms. The number of rotatable bonds is 6. The van der Waals surface area contributed by atoms with E-state index in [-0.39, 0.29) is 0 Å². The first kappa shape index (κ1) is 13.6. The van der Waals surface area contributed by atoms with E-state index in [2.05, 4.69) is 39.9 Å². The van der Waals surface area contributed by atoms with Crippen LogP contribution in [-0.2, 0) is 13.1 Å². The fourth-order valence-electron chi connectivity index (χ4n) is 2.61. The first-order chi connectivity index (χ1) is 8.79. The lowest BCUT2D eigenvalue weighted by molar-refractivity contribution is 0.215. The summed E-state index contributed by atoms with van der Waals surface area (Å²) in [6.45, 7) is 7.81. The molecular formula is C14H26N4. The van der Waals surface area contributed by atoms with Gasteiger partial charge in [-0.25, -0.2) is 4.98 Å². The van der Waals surface area contributed by atoms with Crippen LogP contribution in [0.3, 0.4) is 0 Å². The molecule has 2 rings (SSSR count). The molecule has 0 saturated carbocycles. The van der Waals surface area contributed by atoms with E-state index in [1.807, 2.05) is 6.20 Å². The van der Waals surface area contributed by atoms with Gasteiger partial charge in [0.1, 0.15) is 5.82 Å². The number of aromatic nitrogens is 2. The molecule has 0 aromatic carbocycles. The molecule has 1 N–H and O–H groups in total. The van der Waals surface area contributed by atoms with Crippen LogP contribution < -0.4 is 5.32 Å². The van der Waals surface area contributed by atoms with Crippen molar-refractivity contribution in [1.82, 2.24) is 19.8 Å². The number of imidazole rings is 1. The summed E-state index contributed by atoms with van der Waals surface area (Å²) in [7, 11) is 2.21. The molecule has 1 aliphatic heterocycles. The Kier molecular flexibility index (Phi) is 5.20. The fraction of sp³-hybridized carbons (Fsp3) is 0.786. The summed E-state index contributed by atoms with van der Waals surface area (Å²) < 4.78 is 2.25. The summed E-state index contributed by atoms with van der Waals surface area (Å²) in [4.78, 5) is 6.84. The largest absolute Gasteiger partial charge is 0.334 e. The minimum absolute atomic E-state index is 0.843. The smallest absolute Gasteiger partial charge is 0.122 e. The molecule has 1 aliphatic rings. The summed E-state index contributed by atoms with van der Waals surface area (Å²) in [6, 6.07) is 0. The Balaban J connectivity index is 1.70. The van der Waals surface area contributed by atoms with E-state index in [1.165, 1.54) is 31.8 Å². The highest BCUT2D eigenvalue weighted by Gasteiger charge is 2.16.